The molecule has 3 heterocycles. The normalized spacial score (nSPS) is 20.8. The summed E-state index contributed by atoms with van der Waals surface area (Å²) in [5.74, 6) is -0.379. The molecule has 4 rings (SSSR count). The van der Waals surface area contributed by atoms with E-state index in [0.717, 1.165) is 39.1 Å². The number of hydrogen-bond donors (Lipinski definition) is 0. The average molecular weight is 419 g/mol. The van der Waals surface area contributed by atoms with Crippen LogP contribution in [0.3, 0.4) is 0 Å². The quantitative estimate of drug-likeness (QED) is 0.716. The third kappa shape index (κ3) is 4.71. The van der Waals surface area contributed by atoms with Gasteiger partial charge in [0.1, 0.15) is 0 Å². The maximum atomic E-state index is 12.9. The molecule has 2 aromatic rings. The number of sulfone groups is 1. The second-order valence-electron chi connectivity index (χ2n) is 7.57. The van der Waals surface area contributed by atoms with E-state index in [1.54, 1.807) is 41.3 Å². The van der Waals surface area contributed by atoms with Gasteiger partial charge in [0.05, 0.1) is 23.0 Å². The number of furan rings is 1. The van der Waals surface area contributed by atoms with E-state index in [1.807, 2.05) is 0 Å². The van der Waals surface area contributed by atoms with E-state index in [-0.39, 0.29) is 22.3 Å². The summed E-state index contributed by atoms with van der Waals surface area (Å²) >= 11 is 0. The van der Waals surface area contributed by atoms with Crippen LogP contribution in [0.25, 0.3) is 0 Å². The Kier molecular flexibility index (Phi) is 6.03. The minimum absolute atomic E-state index is 0.122. The van der Waals surface area contributed by atoms with Gasteiger partial charge in [0.2, 0.25) is 0 Å². The van der Waals surface area contributed by atoms with E-state index in [0.29, 0.717) is 24.8 Å². The first-order chi connectivity index (χ1) is 14.0. The van der Waals surface area contributed by atoms with Crippen molar-refractivity contribution in [3.05, 3.63) is 54.0 Å². The van der Waals surface area contributed by atoms with Crippen molar-refractivity contribution in [2.45, 2.75) is 29.6 Å². The standard InChI is InChI=1S/C21H26N2O5S/c24-21(23-11-9-22(10-12-23)15-18-5-4-13-27-18)20-17(8-14-28-20)16-29(25,26)19-6-2-1-3-7-19/h1-3,6-8,14,18H,4-5,9-13,15-16H2. The largest absolute Gasteiger partial charge is 0.459 e. The highest BCUT2D eigenvalue weighted by molar-refractivity contribution is 7.90. The first kappa shape index (κ1) is 20.1. The van der Waals surface area contributed by atoms with Gasteiger partial charge in [0.25, 0.3) is 5.91 Å². The maximum absolute atomic E-state index is 12.9. The fourth-order valence-corrected chi connectivity index (χ4v) is 5.28. The van der Waals surface area contributed by atoms with Crippen molar-refractivity contribution in [3.63, 3.8) is 0 Å². The third-order valence-corrected chi connectivity index (χ3v) is 7.22. The van der Waals surface area contributed by atoms with Gasteiger partial charge >= 0.3 is 0 Å². The maximum Gasteiger partial charge on any atom is 0.289 e. The summed E-state index contributed by atoms with van der Waals surface area (Å²) < 4.78 is 36.4. The lowest BCUT2D eigenvalue weighted by atomic mass is 10.2. The fraction of sp³-hybridized carbons (Fsp3) is 0.476. The summed E-state index contributed by atoms with van der Waals surface area (Å²) in [6.45, 7) is 4.50. The molecule has 2 aliphatic heterocycles. The van der Waals surface area contributed by atoms with Crippen molar-refractivity contribution in [1.82, 2.24) is 9.80 Å². The molecule has 7 nitrogen and oxygen atoms in total. The Bertz CT molecular complexity index is 927. The number of carbonyl (C=O) groups is 1. The molecule has 8 heteroatoms. The average Bonchev–Trinajstić information content (AvgIpc) is 3.40. The number of carbonyl (C=O) groups excluding carboxylic acids is 1. The van der Waals surface area contributed by atoms with Crippen molar-refractivity contribution in [2.24, 2.45) is 0 Å². The highest BCUT2D eigenvalue weighted by atomic mass is 32.2. The van der Waals surface area contributed by atoms with Crippen molar-refractivity contribution in [1.29, 1.82) is 0 Å². The lowest BCUT2D eigenvalue weighted by Gasteiger charge is -2.35. The number of ether oxygens (including phenoxy) is 1. The van der Waals surface area contributed by atoms with E-state index in [9.17, 15) is 13.2 Å². The number of benzene rings is 1. The predicted octanol–water partition coefficient (Wildman–Crippen LogP) is 2.19. The summed E-state index contributed by atoms with van der Waals surface area (Å²) in [6, 6.07) is 9.83. The highest BCUT2D eigenvalue weighted by Crippen LogP contribution is 2.22. The Morgan fingerprint density at radius 1 is 1.07 bits per heavy atom. The molecule has 1 atom stereocenters. The molecule has 1 amide bonds. The van der Waals surface area contributed by atoms with Crippen LogP contribution in [0.2, 0.25) is 0 Å². The third-order valence-electron chi connectivity index (χ3n) is 5.53. The molecular formula is C21H26N2O5S. The summed E-state index contributed by atoms with van der Waals surface area (Å²) in [6.07, 6.45) is 3.91. The van der Waals surface area contributed by atoms with Crippen LogP contribution >= 0.6 is 0 Å². The van der Waals surface area contributed by atoms with Gasteiger partial charge in [-0.2, -0.15) is 0 Å². The Morgan fingerprint density at radius 3 is 2.52 bits per heavy atom. The molecule has 0 bridgehead atoms. The molecule has 1 aromatic heterocycles. The van der Waals surface area contributed by atoms with Crippen molar-refractivity contribution in [3.8, 4) is 0 Å². The van der Waals surface area contributed by atoms with Gasteiger partial charge < -0.3 is 14.1 Å². The Hall–Kier alpha value is -2.16. The van der Waals surface area contributed by atoms with E-state index >= 15 is 0 Å². The SMILES string of the molecule is O=C(c1occc1CS(=O)(=O)c1ccccc1)N1CCN(CC2CCCO2)CC1. The first-order valence-corrected chi connectivity index (χ1v) is 11.7. The smallest absolute Gasteiger partial charge is 0.289 e. The summed E-state index contributed by atoms with van der Waals surface area (Å²) in [4.78, 5) is 17.2. The van der Waals surface area contributed by atoms with Crippen LogP contribution in [-0.2, 0) is 20.3 Å². The Balaban J connectivity index is 1.39. The molecule has 0 aliphatic carbocycles. The molecule has 0 saturated carbocycles. The van der Waals surface area contributed by atoms with Crippen LogP contribution in [0.1, 0.15) is 29.0 Å². The van der Waals surface area contributed by atoms with Gasteiger partial charge in [0, 0.05) is 44.9 Å². The number of hydrogen-bond acceptors (Lipinski definition) is 6. The number of nitrogens with zero attached hydrogens (tertiary/aromatic N) is 2. The highest BCUT2D eigenvalue weighted by Gasteiger charge is 2.29. The molecule has 156 valence electrons. The van der Waals surface area contributed by atoms with E-state index in [4.69, 9.17) is 9.15 Å². The van der Waals surface area contributed by atoms with E-state index < -0.39 is 9.84 Å². The van der Waals surface area contributed by atoms with E-state index in [2.05, 4.69) is 4.90 Å². The van der Waals surface area contributed by atoms with Gasteiger partial charge in [-0.3, -0.25) is 9.69 Å². The molecule has 2 aliphatic rings. The summed E-state index contributed by atoms with van der Waals surface area (Å²) in [7, 11) is -3.55. The Labute approximate surface area is 171 Å². The van der Waals surface area contributed by atoms with Gasteiger partial charge in [-0.25, -0.2) is 8.42 Å². The zero-order chi connectivity index (χ0) is 20.3. The molecule has 0 spiro atoms. The minimum Gasteiger partial charge on any atom is -0.459 e. The lowest BCUT2D eigenvalue weighted by molar-refractivity contribution is 0.0416. The van der Waals surface area contributed by atoms with Crippen LogP contribution in [0.5, 0.6) is 0 Å². The molecule has 29 heavy (non-hydrogen) atoms. The summed E-state index contributed by atoms with van der Waals surface area (Å²) in [5.41, 5.74) is 0.403. The summed E-state index contributed by atoms with van der Waals surface area (Å²) in [5, 5.41) is 0. The predicted molar refractivity (Wildman–Crippen MR) is 107 cm³/mol. The molecule has 1 aromatic carbocycles. The fourth-order valence-electron chi connectivity index (χ4n) is 3.91. The van der Waals surface area contributed by atoms with Crippen LogP contribution < -0.4 is 0 Å². The van der Waals surface area contributed by atoms with Crippen LogP contribution in [-0.4, -0.2) is 69.6 Å². The minimum atomic E-state index is -3.55. The number of piperazine rings is 1. The van der Waals surface area contributed by atoms with Gasteiger partial charge in [0.15, 0.2) is 15.6 Å². The topological polar surface area (TPSA) is 80.1 Å². The molecule has 0 N–H and O–H groups in total. The van der Waals surface area contributed by atoms with Crippen molar-refractivity contribution in [2.75, 3.05) is 39.3 Å². The lowest BCUT2D eigenvalue weighted by Crippen LogP contribution is -2.50. The second kappa shape index (κ2) is 8.69. The second-order valence-corrected chi connectivity index (χ2v) is 9.56. The molecule has 1 unspecified atom stereocenters. The number of amides is 1. The van der Waals surface area contributed by atoms with Crippen LogP contribution in [0.4, 0.5) is 0 Å². The first-order valence-electron chi connectivity index (χ1n) is 10.0. The molecular weight excluding hydrogens is 392 g/mol. The molecule has 2 saturated heterocycles. The molecule has 0 radical (unpaired) electrons. The molecule has 2 fully saturated rings. The van der Waals surface area contributed by atoms with Gasteiger partial charge in [-0.05, 0) is 31.0 Å². The van der Waals surface area contributed by atoms with Gasteiger partial charge in [-0.15, -0.1) is 0 Å². The Morgan fingerprint density at radius 2 is 1.83 bits per heavy atom. The van der Waals surface area contributed by atoms with Crippen molar-refractivity contribution >= 4 is 15.7 Å². The number of rotatable bonds is 6. The van der Waals surface area contributed by atoms with Crippen LogP contribution in [0, 0.1) is 0 Å². The van der Waals surface area contributed by atoms with Crippen molar-refractivity contribution < 1.29 is 22.4 Å². The van der Waals surface area contributed by atoms with Crippen LogP contribution in [0.15, 0.2) is 52.0 Å². The van der Waals surface area contributed by atoms with E-state index in [1.165, 1.54) is 6.26 Å². The zero-order valence-corrected chi connectivity index (χ0v) is 17.1. The van der Waals surface area contributed by atoms with Gasteiger partial charge in [-0.1, -0.05) is 18.2 Å². The zero-order valence-electron chi connectivity index (χ0n) is 16.3. The monoisotopic (exact) mass is 418 g/mol.